The van der Waals surface area contributed by atoms with Gasteiger partial charge in [0.25, 0.3) is 0 Å². The van der Waals surface area contributed by atoms with E-state index in [0.29, 0.717) is 0 Å². The summed E-state index contributed by atoms with van der Waals surface area (Å²) >= 11 is 0. The van der Waals surface area contributed by atoms with E-state index in [1.165, 1.54) is 32.1 Å². The minimum Gasteiger partial charge on any atom is -0.387 e. The highest BCUT2D eigenvalue weighted by molar-refractivity contribution is 5.45. The molecule has 1 aliphatic carbocycles. The first-order chi connectivity index (χ1) is 9.29. The fourth-order valence-electron chi connectivity index (χ4n) is 2.73. The van der Waals surface area contributed by atoms with E-state index in [4.69, 9.17) is 0 Å². The Labute approximate surface area is 116 Å². The second-order valence-electron chi connectivity index (χ2n) is 5.55. The predicted molar refractivity (Wildman–Crippen MR) is 79.7 cm³/mol. The lowest BCUT2D eigenvalue weighted by Crippen LogP contribution is -2.03. The number of pyridine rings is 1. The Bertz CT molecular complexity index is 407. The number of allylic oxidation sites excluding steroid dienone is 1. The Morgan fingerprint density at radius 2 is 2.11 bits per heavy atom. The minimum atomic E-state index is -0.423. The summed E-state index contributed by atoms with van der Waals surface area (Å²) in [6, 6.07) is 5.92. The van der Waals surface area contributed by atoms with Gasteiger partial charge in [-0.05, 0) is 43.4 Å². The molecule has 1 aromatic rings. The maximum absolute atomic E-state index is 9.98. The normalized spacial score (nSPS) is 18.8. The molecule has 1 fully saturated rings. The van der Waals surface area contributed by atoms with Gasteiger partial charge in [-0.1, -0.05) is 44.7 Å². The molecule has 1 aromatic heterocycles. The van der Waals surface area contributed by atoms with Crippen LogP contribution in [-0.2, 0) is 0 Å². The van der Waals surface area contributed by atoms with Crippen molar-refractivity contribution in [2.45, 2.75) is 58.0 Å². The van der Waals surface area contributed by atoms with Crippen LogP contribution < -0.4 is 0 Å². The molecule has 0 radical (unpaired) electrons. The van der Waals surface area contributed by atoms with Crippen molar-refractivity contribution in [1.29, 1.82) is 0 Å². The van der Waals surface area contributed by atoms with E-state index in [2.05, 4.69) is 24.1 Å². The van der Waals surface area contributed by atoms with Crippen LogP contribution in [0.2, 0.25) is 0 Å². The van der Waals surface area contributed by atoms with Crippen molar-refractivity contribution < 1.29 is 5.11 Å². The molecule has 1 saturated carbocycles. The summed E-state index contributed by atoms with van der Waals surface area (Å²) in [5, 5.41) is 9.98. The maximum Gasteiger partial charge on any atom is 0.0959 e. The van der Waals surface area contributed by atoms with Gasteiger partial charge in [-0.2, -0.15) is 0 Å². The second kappa shape index (κ2) is 7.44. The van der Waals surface area contributed by atoms with E-state index < -0.39 is 6.10 Å². The Kier molecular flexibility index (Phi) is 5.59. The maximum atomic E-state index is 9.98. The molecule has 1 aliphatic rings. The Balaban J connectivity index is 1.99. The molecule has 2 heteroatoms. The quantitative estimate of drug-likeness (QED) is 0.844. The Morgan fingerprint density at radius 1 is 1.32 bits per heavy atom. The SMILES string of the molecule is CCCC(O)c1cccc(/C=C/C2CCCCC2)n1. The molecule has 1 heterocycles. The molecule has 0 amide bonds. The van der Waals surface area contributed by atoms with Crippen LogP contribution in [0.15, 0.2) is 24.3 Å². The van der Waals surface area contributed by atoms with Crippen LogP contribution in [-0.4, -0.2) is 10.1 Å². The second-order valence-corrected chi connectivity index (χ2v) is 5.55. The molecule has 0 aromatic carbocycles. The number of aliphatic hydroxyl groups is 1. The zero-order chi connectivity index (χ0) is 13.5. The molecule has 19 heavy (non-hydrogen) atoms. The summed E-state index contributed by atoms with van der Waals surface area (Å²) in [7, 11) is 0. The van der Waals surface area contributed by atoms with Gasteiger partial charge in [-0.25, -0.2) is 0 Å². The van der Waals surface area contributed by atoms with E-state index in [-0.39, 0.29) is 0 Å². The van der Waals surface area contributed by atoms with Crippen molar-refractivity contribution in [3.05, 3.63) is 35.7 Å². The number of nitrogens with zero attached hydrogens (tertiary/aromatic N) is 1. The highest BCUT2D eigenvalue weighted by Gasteiger charge is 2.10. The van der Waals surface area contributed by atoms with E-state index in [1.54, 1.807) is 0 Å². The van der Waals surface area contributed by atoms with Crippen molar-refractivity contribution in [3.63, 3.8) is 0 Å². The molecule has 104 valence electrons. The van der Waals surface area contributed by atoms with Gasteiger partial charge >= 0.3 is 0 Å². The zero-order valence-electron chi connectivity index (χ0n) is 11.9. The first kappa shape index (κ1) is 14.3. The molecule has 0 spiro atoms. The van der Waals surface area contributed by atoms with Crippen LogP contribution in [0.25, 0.3) is 6.08 Å². The molecule has 0 aliphatic heterocycles. The standard InChI is InChI=1S/C17H25NO/c1-2-7-17(19)16-11-6-10-15(18-16)13-12-14-8-4-3-5-9-14/h6,10-14,17,19H,2-5,7-9H2,1H3/b13-12+. The predicted octanol–water partition coefficient (Wildman–Crippen LogP) is 4.51. The van der Waals surface area contributed by atoms with Crippen molar-refractivity contribution >= 4 is 6.08 Å². The van der Waals surface area contributed by atoms with Crippen LogP contribution >= 0.6 is 0 Å². The lowest BCUT2D eigenvalue weighted by molar-refractivity contribution is 0.161. The third kappa shape index (κ3) is 4.46. The van der Waals surface area contributed by atoms with E-state index >= 15 is 0 Å². The summed E-state index contributed by atoms with van der Waals surface area (Å²) in [6.45, 7) is 2.08. The monoisotopic (exact) mass is 259 g/mol. The minimum absolute atomic E-state index is 0.423. The Morgan fingerprint density at radius 3 is 2.84 bits per heavy atom. The lowest BCUT2D eigenvalue weighted by atomic mass is 9.89. The summed E-state index contributed by atoms with van der Waals surface area (Å²) in [5.74, 6) is 0.722. The van der Waals surface area contributed by atoms with Crippen LogP contribution in [0.1, 0.15) is 69.4 Å². The van der Waals surface area contributed by atoms with E-state index in [1.807, 2.05) is 18.2 Å². The molecule has 0 bridgehead atoms. The largest absolute Gasteiger partial charge is 0.387 e. The number of aliphatic hydroxyl groups excluding tert-OH is 1. The van der Waals surface area contributed by atoms with Gasteiger partial charge in [-0.15, -0.1) is 0 Å². The van der Waals surface area contributed by atoms with Crippen molar-refractivity contribution in [1.82, 2.24) is 4.98 Å². The number of aromatic nitrogens is 1. The van der Waals surface area contributed by atoms with Crippen LogP contribution in [0.3, 0.4) is 0 Å². The van der Waals surface area contributed by atoms with Gasteiger partial charge in [0.05, 0.1) is 17.5 Å². The van der Waals surface area contributed by atoms with Gasteiger partial charge in [0, 0.05) is 0 Å². The summed E-state index contributed by atoms with van der Waals surface area (Å²) < 4.78 is 0. The smallest absolute Gasteiger partial charge is 0.0959 e. The van der Waals surface area contributed by atoms with Crippen LogP contribution in [0.5, 0.6) is 0 Å². The third-order valence-electron chi connectivity index (χ3n) is 3.88. The zero-order valence-corrected chi connectivity index (χ0v) is 11.9. The van der Waals surface area contributed by atoms with E-state index in [0.717, 1.165) is 30.1 Å². The topological polar surface area (TPSA) is 33.1 Å². The van der Waals surface area contributed by atoms with Crippen LogP contribution in [0.4, 0.5) is 0 Å². The summed E-state index contributed by atoms with van der Waals surface area (Å²) in [6.07, 6.45) is 12.5. The molecule has 2 nitrogen and oxygen atoms in total. The lowest BCUT2D eigenvalue weighted by Gasteiger charge is -2.17. The van der Waals surface area contributed by atoms with Gasteiger partial charge in [0.15, 0.2) is 0 Å². The number of hydrogen-bond acceptors (Lipinski definition) is 2. The average Bonchev–Trinajstić information content (AvgIpc) is 2.47. The third-order valence-corrected chi connectivity index (χ3v) is 3.88. The molecular formula is C17H25NO. The van der Waals surface area contributed by atoms with Crippen LogP contribution in [0, 0.1) is 5.92 Å². The first-order valence-corrected chi connectivity index (χ1v) is 7.63. The molecule has 0 saturated heterocycles. The number of rotatable bonds is 5. The molecule has 1 unspecified atom stereocenters. The van der Waals surface area contributed by atoms with Crippen molar-refractivity contribution in [2.24, 2.45) is 5.92 Å². The molecule has 2 rings (SSSR count). The van der Waals surface area contributed by atoms with Gasteiger partial charge in [0.2, 0.25) is 0 Å². The van der Waals surface area contributed by atoms with Crippen molar-refractivity contribution in [2.75, 3.05) is 0 Å². The van der Waals surface area contributed by atoms with Gasteiger partial charge < -0.3 is 5.11 Å². The summed E-state index contributed by atoms with van der Waals surface area (Å²) in [5.41, 5.74) is 1.77. The average molecular weight is 259 g/mol. The van der Waals surface area contributed by atoms with Gasteiger partial charge in [-0.3, -0.25) is 4.98 Å². The van der Waals surface area contributed by atoms with Gasteiger partial charge in [0.1, 0.15) is 0 Å². The highest BCUT2D eigenvalue weighted by atomic mass is 16.3. The number of hydrogen-bond donors (Lipinski definition) is 1. The highest BCUT2D eigenvalue weighted by Crippen LogP contribution is 2.25. The van der Waals surface area contributed by atoms with Crippen molar-refractivity contribution in [3.8, 4) is 0 Å². The molecular weight excluding hydrogens is 234 g/mol. The van der Waals surface area contributed by atoms with E-state index in [9.17, 15) is 5.11 Å². The molecule has 1 N–H and O–H groups in total. The first-order valence-electron chi connectivity index (χ1n) is 7.63. The Hall–Kier alpha value is -1.15. The fourth-order valence-corrected chi connectivity index (χ4v) is 2.73. The summed E-state index contributed by atoms with van der Waals surface area (Å²) in [4.78, 5) is 4.54. The fraction of sp³-hybridized carbons (Fsp3) is 0.588. The molecule has 1 atom stereocenters.